The Hall–Kier alpha value is -1.92. The van der Waals surface area contributed by atoms with Crippen molar-refractivity contribution in [2.75, 3.05) is 26.2 Å². The molecular weight excluding hydrogens is 338 g/mol. The zero-order valence-corrected chi connectivity index (χ0v) is 15.0. The Morgan fingerprint density at radius 2 is 2.00 bits per heavy atom. The zero-order chi connectivity index (χ0) is 16.4. The highest BCUT2D eigenvalue weighted by Gasteiger charge is 2.38. The highest BCUT2D eigenvalue weighted by molar-refractivity contribution is 5.95. The number of aromatic nitrogens is 3. The molecule has 25 heavy (non-hydrogen) atoms. The van der Waals surface area contributed by atoms with E-state index in [2.05, 4.69) is 15.4 Å². The van der Waals surface area contributed by atoms with Crippen LogP contribution in [0.3, 0.4) is 0 Å². The number of rotatable bonds is 3. The molecule has 2 aromatic rings. The van der Waals surface area contributed by atoms with Crippen LogP contribution in [-0.2, 0) is 6.54 Å². The van der Waals surface area contributed by atoms with Crippen LogP contribution in [0, 0.1) is 5.41 Å². The van der Waals surface area contributed by atoms with E-state index in [4.69, 9.17) is 0 Å². The first-order valence-corrected chi connectivity index (χ1v) is 8.66. The normalized spacial score (nSPS) is 19.0. The monoisotopic (exact) mass is 361 g/mol. The minimum absolute atomic E-state index is 0. The molecule has 6 nitrogen and oxygen atoms in total. The van der Waals surface area contributed by atoms with Gasteiger partial charge in [-0.05, 0) is 42.9 Å². The van der Waals surface area contributed by atoms with Gasteiger partial charge in [0.25, 0.3) is 5.91 Å². The Morgan fingerprint density at radius 1 is 1.20 bits per heavy atom. The lowest BCUT2D eigenvalue weighted by Crippen LogP contribution is -2.44. The first kappa shape index (κ1) is 17.9. The maximum Gasteiger partial charge on any atom is 0.254 e. The molecule has 1 amide bonds. The van der Waals surface area contributed by atoms with E-state index in [0.29, 0.717) is 12.0 Å². The van der Waals surface area contributed by atoms with Crippen molar-refractivity contribution in [1.82, 2.24) is 25.0 Å². The molecule has 1 aromatic heterocycles. The van der Waals surface area contributed by atoms with Crippen molar-refractivity contribution in [3.05, 3.63) is 48.0 Å². The van der Waals surface area contributed by atoms with Gasteiger partial charge in [0.05, 0.1) is 6.54 Å². The number of carbonyl (C=O) groups is 1. The highest BCUT2D eigenvalue weighted by atomic mass is 35.5. The van der Waals surface area contributed by atoms with Gasteiger partial charge in [0, 0.05) is 25.2 Å². The molecule has 0 radical (unpaired) electrons. The lowest BCUT2D eigenvalue weighted by Gasteiger charge is -2.39. The maximum absolute atomic E-state index is 13.0. The summed E-state index contributed by atoms with van der Waals surface area (Å²) in [5, 5.41) is 7.62. The number of halogens is 1. The molecule has 134 valence electrons. The molecule has 3 heterocycles. The Balaban J connectivity index is 0.00000182. The molecule has 2 aliphatic rings. The van der Waals surface area contributed by atoms with Crippen LogP contribution < -0.4 is 5.32 Å². The molecule has 1 N–H and O–H groups in total. The quantitative estimate of drug-likeness (QED) is 0.907. The average molecular weight is 362 g/mol. The molecular formula is C18H24ClN5O. The smallest absolute Gasteiger partial charge is 0.254 e. The van der Waals surface area contributed by atoms with Gasteiger partial charge in [-0.3, -0.25) is 4.79 Å². The predicted octanol–water partition coefficient (Wildman–Crippen LogP) is 1.96. The van der Waals surface area contributed by atoms with Crippen molar-refractivity contribution in [2.45, 2.75) is 25.8 Å². The van der Waals surface area contributed by atoms with Gasteiger partial charge in [0.1, 0.15) is 12.7 Å². The fourth-order valence-corrected chi connectivity index (χ4v) is 3.93. The van der Waals surface area contributed by atoms with E-state index in [-0.39, 0.29) is 18.3 Å². The summed E-state index contributed by atoms with van der Waals surface area (Å²) in [6, 6.07) is 7.83. The Morgan fingerprint density at radius 3 is 2.68 bits per heavy atom. The topological polar surface area (TPSA) is 63.1 Å². The van der Waals surface area contributed by atoms with Gasteiger partial charge in [-0.15, -0.1) is 12.4 Å². The van der Waals surface area contributed by atoms with Crippen LogP contribution in [0.25, 0.3) is 0 Å². The van der Waals surface area contributed by atoms with Crippen LogP contribution in [0.4, 0.5) is 0 Å². The van der Waals surface area contributed by atoms with Crippen LogP contribution in [0.15, 0.2) is 36.9 Å². The van der Waals surface area contributed by atoms with E-state index in [1.807, 2.05) is 29.2 Å². The lowest BCUT2D eigenvalue weighted by atomic mass is 9.77. The second kappa shape index (κ2) is 7.54. The third-order valence-corrected chi connectivity index (χ3v) is 5.49. The summed E-state index contributed by atoms with van der Waals surface area (Å²) < 4.78 is 1.75. The Labute approximate surface area is 154 Å². The minimum atomic E-state index is 0. The number of nitrogens with one attached hydrogen (secondary N) is 1. The fraction of sp³-hybridized carbons (Fsp3) is 0.500. The van der Waals surface area contributed by atoms with Crippen molar-refractivity contribution in [3.8, 4) is 0 Å². The summed E-state index contributed by atoms with van der Waals surface area (Å²) in [5.74, 6) is 0.145. The van der Waals surface area contributed by atoms with Crippen molar-refractivity contribution in [1.29, 1.82) is 0 Å². The summed E-state index contributed by atoms with van der Waals surface area (Å²) in [7, 11) is 0. The van der Waals surface area contributed by atoms with Crippen molar-refractivity contribution >= 4 is 18.3 Å². The van der Waals surface area contributed by atoms with Gasteiger partial charge in [-0.1, -0.05) is 18.2 Å². The van der Waals surface area contributed by atoms with Crippen LogP contribution >= 0.6 is 12.4 Å². The fourth-order valence-electron chi connectivity index (χ4n) is 3.93. The van der Waals surface area contributed by atoms with E-state index in [0.717, 1.165) is 50.1 Å². The Bertz CT molecular complexity index is 702. The standard InChI is InChI=1S/C18H23N5O.ClH/c24-17(22-9-6-18(7-10-22)5-8-19-12-18)16-4-2-1-3-15(16)11-23-14-20-13-21-23;/h1-4,13-14,19H,5-12H2;1H. The predicted molar refractivity (Wildman–Crippen MR) is 97.9 cm³/mol. The molecule has 2 saturated heterocycles. The summed E-state index contributed by atoms with van der Waals surface area (Å²) in [4.78, 5) is 19.0. The summed E-state index contributed by atoms with van der Waals surface area (Å²) in [6.07, 6.45) is 6.66. The number of hydrogen-bond acceptors (Lipinski definition) is 4. The lowest BCUT2D eigenvalue weighted by molar-refractivity contribution is 0.0606. The van der Waals surface area contributed by atoms with Gasteiger partial charge >= 0.3 is 0 Å². The summed E-state index contributed by atoms with van der Waals surface area (Å²) >= 11 is 0. The van der Waals surface area contributed by atoms with E-state index >= 15 is 0 Å². The van der Waals surface area contributed by atoms with Crippen LogP contribution in [0.5, 0.6) is 0 Å². The molecule has 2 aliphatic heterocycles. The number of hydrogen-bond donors (Lipinski definition) is 1. The SMILES string of the molecule is Cl.O=C(c1ccccc1Cn1cncn1)N1CCC2(CCNC2)CC1. The van der Waals surface area contributed by atoms with Gasteiger partial charge in [0.15, 0.2) is 0 Å². The molecule has 7 heteroatoms. The molecule has 1 aromatic carbocycles. The maximum atomic E-state index is 13.0. The van der Waals surface area contributed by atoms with Crippen LogP contribution in [-0.4, -0.2) is 51.8 Å². The molecule has 2 fully saturated rings. The highest BCUT2D eigenvalue weighted by Crippen LogP contribution is 2.37. The van der Waals surface area contributed by atoms with Gasteiger partial charge in [-0.2, -0.15) is 5.10 Å². The number of piperidine rings is 1. The van der Waals surface area contributed by atoms with Crippen molar-refractivity contribution in [2.24, 2.45) is 5.41 Å². The number of nitrogens with zero attached hydrogens (tertiary/aromatic N) is 4. The minimum Gasteiger partial charge on any atom is -0.339 e. The number of carbonyl (C=O) groups excluding carboxylic acids is 1. The average Bonchev–Trinajstić information content (AvgIpc) is 3.28. The zero-order valence-electron chi connectivity index (χ0n) is 14.2. The number of benzene rings is 1. The number of amides is 1. The molecule has 4 rings (SSSR count). The largest absolute Gasteiger partial charge is 0.339 e. The van der Waals surface area contributed by atoms with Gasteiger partial charge in [0.2, 0.25) is 0 Å². The van der Waals surface area contributed by atoms with Crippen molar-refractivity contribution in [3.63, 3.8) is 0 Å². The number of likely N-dealkylation sites (tertiary alicyclic amines) is 1. The van der Waals surface area contributed by atoms with Crippen LogP contribution in [0.2, 0.25) is 0 Å². The molecule has 0 atom stereocenters. The van der Waals surface area contributed by atoms with Crippen LogP contribution in [0.1, 0.15) is 35.2 Å². The van der Waals surface area contributed by atoms with E-state index in [9.17, 15) is 4.79 Å². The summed E-state index contributed by atoms with van der Waals surface area (Å²) in [5.41, 5.74) is 2.21. The van der Waals surface area contributed by atoms with E-state index in [1.165, 1.54) is 12.7 Å². The third-order valence-electron chi connectivity index (χ3n) is 5.49. The molecule has 1 spiro atoms. The molecule has 0 bridgehead atoms. The van der Waals surface area contributed by atoms with E-state index < -0.39 is 0 Å². The first-order chi connectivity index (χ1) is 11.8. The van der Waals surface area contributed by atoms with E-state index in [1.54, 1.807) is 11.0 Å². The molecule has 0 unspecified atom stereocenters. The van der Waals surface area contributed by atoms with Gasteiger partial charge < -0.3 is 10.2 Å². The van der Waals surface area contributed by atoms with Gasteiger partial charge in [-0.25, -0.2) is 9.67 Å². The second-order valence-corrected chi connectivity index (χ2v) is 6.97. The molecule has 0 aliphatic carbocycles. The van der Waals surface area contributed by atoms with Crippen molar-refractivity contribution < 1.29 is 4.79 Å². The summed E-state index contributed by atoms with van der Waals surface area (Å²) in [6.45, 7) is 4.52. The Kier molecular flexibility index (Phi) is 5.39. The molecule has 0 saturated carbocycles. The first-order valence-electron chi connectivity index (χ1n) is 8.66. The third kappa shape index (κ3) is 3.70. The second-order valence-electron chi connectivity index (χ2n) is 6.97.